The van der Waals surface area contributed by atoms with E-state index in [-0.39, 0.29) is 5.82 Å². The van der Waals surface area contributed by atoms with Crippen LogP contribution in [0.4, 0.5) is 4.39 Å². The van der Waals surface area contributed by atoms with Gasteiger partial charge in [0.05, 0.1) is 19.1 Å². The molecule has 3 aromatic rings. The van der Waals surface area contributed by atoms with Gasteiger partial charge in [-0.15, -0.1) is 0 Å². The Morgan fingerprint density at radius 2 is 2.14 bits per heavy atom. The van der Waals surface area contributed by atoms with Gasteiger partial charge in [0.2, 0.25) is 0 Å². The summed E-state index contributed by atoms with van der Waals surface area (Å²) in [7, 11) is 1.35. The number of aromatic amines is 1. The predicted molar refractivity (Wildman–Crippen MR) is 101 cm³/mol. The number of rotatable bonds is 5. The number of nitrogens with one attached hydrogen (secondary N) is 1. The first kappa shape index (κ1) is 18.4. The third-order valence-electron chi connectivity index (χ3n) is 5.22. The average molecular weight is 383 g/mol. The van der Waals surface area contributed by atoms with Crippen molar-refractivity contribution in [3.8, 4) is 5.69 Å². The number of nitrogens with zero attached hydrogens (tertiary/aromatic N) is 4. The van der Waals surface area contributed by atoms with Crippen molar-refractivity contribution in [2.24, 2.45) is 0 Å². The molecule has 146 valence electrons. The van der Waals surface area contributed by atoms with Crippen molar-refractivity contribution in [3.05, 3.63) is 65.8 Å². The summed E-state index contributed by atoms with van der Waals surface area (Å²) < 4.78 is 20.8. The summed E-state index contributed by atoms with van der Waals surface area (Å²) in [5.41, 5.74) is 2.74. The molecule has 1 saturated heterocycles. The van der Waals surface area contributed by atoms with E-state index in [0.717, 1.165) is 37.2 Å². The number of likely N-dealkylation sites (tertiary alicyclic amines) is 1. The highest BCUT2D eigenvalue weighted by atomic mass is 19.1. The molecule has 1 aliphatic rings. The Kier molecular flexibility index (Phi) is 5.21. The molecule has 0 aliphatic carbocycles. The van der Waals surface area contributed by atoms with E-state index in [1.54, 1.807) is 41.5 Å². The van der Waals surface area contributed by atoms with Crippen molar-refractivity contribution < 1.29 is 13.9 Å². The normalized spacial score (nSPS) is 15.6. The van der Waals surface area contributed by atoms with Crippen LogP contribution in [-0.2, 0) is 11.3 Å². The predicted octanol–water partition coefficient (Wildman–Crippen LogP) is 2.90. The van der Waals surface area contributed by atoms with E-state index in [1.165, 1.54) is 7.11 Å². The number of piperidine rings is 1. The molecular formula is C20H22FN5O2. The summed E-state index contributed by atoms with van der Waals surface area (Å²) >= 11 is 0. The lowest BCUT2D eigenvalue weighted by atomic mass is 9.93. The number of ether oxygens (including phenoxy) is 1. The number of benzene rings is 1. The molecule has 7 nitrogen and oxygen atoms in total. The van der Waals surface area contributed by atoms with Crippen molar-refractivity contribution in [3.63, 3.8) is 0 Å². The molecule has 0 amide bonds. The van der Waals surface area contributed by atoms with E-state index < -0.39 is 5.97 Å². The number of aromatic nitrogens is 4. The van der Waals surface area contributed by atoms with Crippen LogP contribution in [0, 0.1) is 5.82 Å². The minimum atomic E-state index is -0.430. The minimum absolute atomic E-state index is 0.252. The molecule has 28 heavy (non-hydrogen) atoms. The van der Waals surface area contributed by atoms with Gasteiger partial charge in [0, 0.05) is 30.6 Å². The minimum Gasteiger partial charge on any atom is -0.464 e. The standard InChI is InChI=1S/C20H22FN5O2/c1-28-20(27)18-11-17(23-24-18)15-4-7-25(8-5-15)12-14-2-3-19(16(21)10-14)26-9-6-22-13-26/h2-3,6,9-11,13,15H,4-5,7-8,12H2,1H3,(H,23,24). The molecule has 3 heterocycles. The van der Waals surface area contributed by atoms with Gasteiger partial charge in [-0.2, -0.15) is 5.10 Å². The third kappa shape index (κ3) is 3.82. The van der Waals surface area contributed by atoms with E-state index in [9.17, 15) is 9.18 Å². The molecule has 0 bridgehead atoms. The van der Waals surface area contributed by atoms with Gasteiger partial charge < -0.3 is 9.30 Å². The van der Waals surface area contributed by atoms with Crippen LogP contribution >= 0.6 is 0 Å². The number of halogens is 1. The Hall–Kier alpha value is -3.00. The Balaban J connectivity index is 1.35. The third-order valence-corrected chi connectivity index (χ3v) is 5.22. The molecule has 4 rings (SSSR count). The fourth-order valence-electron chi connectivity index (χ4n) is 3.67. The molecule has 0 radical (unpaired) electrons. The number of hydrogen-bond donors (Lipinski definition) is 1. The van der Waals surface area contributed by atoms with Crippen LogP contribution in [0.2, 0.25) is 0 Å². The first-order valence-electron chi connectivity index (χ1n) is 9.27. The van der Waals surface area contributed by atoms with Crippen molar-refractivity contribution in [1.29, 1.82) is 0 Å². The number of carbonyl (C=O) groups excluding carboxylic acids is 1. The highest BCUT2D eigenvalue weighted by Crippen LogP contribution is 2.28. The van der Waals surface area contributed by atoms with Crippen molar-refractivity contribution >= 4 is 5.97 Å². The zero-order chi connectivity index (χ0) is 19.5. The van der Waals surface area contributed by atoms with E-state index in [4.69, 9.17) is 4.74 Å². The second kappa shape index (κ2) is 7.93. The maximum absolute atomic E-state index is 14.4. The van der Waals surface area contributed by atoms with Crippen LogP contribution in [-0.4, -0.2) is 50.8 Å². The molecule has 0 saturated carbocycles. The Morgan fingerprint density at radius 3 is 2.82 bits per heavy atom. The van der Waals surface area contributed by atoms with Gasteiger partial charge in [-0.1, -0.05) is 6.07 Å². The highest BCUT2D eigenvalue weighted by Gasteiger charge is 2.23. The summed E-state index contributed by atoms with van der Waals surface area (Å²) in [4.78, 5) is 17.8. The van der Waals surface area contributed by atoms with Crippen molar-refractivity contribution in [2.75, 3.05) is 20.2 Å². The fraction of sp³-hybridized carbons (Fsp3) is 0.350. The SMILES string of the molecule is COC(=O)c1cc(C2CCN(Cc3ccc(-n4ccnc4)c(F)c3)CC2)[nH]n1. The summed E-state index contributed by atoms with van der Waals surface area (Å²) in [5.74, 6) is -0.346. The number of carbonyl (C=O) groups is 1. The van der Waals surface area contributed by atoms with Crippen LogP contribution < -0.4 is 0 Å². The van der Waals surface area contributed by atoms with Crippen LogP contribution in [0.1, 0.15) is 40.5 Å². The van der Waals surface area contributed by atoms with Gasteiger partial charge >= 0.3 is 5.97 Å². The molecule has 0 spiro atoms. The van der Waals surface area contributed by atoms with Gasteiger partial charge in [-0.05, 0) is 49.7 Å². The lowest BCUT2D eigenvalue weighted by molar-refractivity contribution is 0.0594. The van der Waals surface area contributed by atoms with Gasteiger partial charge in [0.1, 0.15) is 5.82 Å². The number of H-pyrrole nitrogens is 1. The molecule has 1 aliphatic heterocycles. The van der Waals surface area contributed by atoms with E-state index in [0.29, 0.717) is 23.8 Å². The number of esters is 1. The topological polar surface area (TPSA) is 76.0 Å². The van der Waals surface area contributed by atoms with Crippen LogP contribution in [0.25, 0.3) is 5.69 Å². The highest BCUT2D eigenvalue weighted by molar-refractivity contribution is 5.87. The summed E-state index contributed by atoms with van der Waals surface area (Å²) in [6, 6.07) is 7.12. The van der Waals surface area contributed by atoms with E-state index in [2.05, 4.69) is 20.1 Å². The van der Waals surface area contributed by atoms with Gasteiger partial charge in [-0.3, -0.25) is 10.00 Å². The lowest BCUT2D eigenvalue weighted by Crippen LogP contribution is -2.32. The number of hydrogen-bond acceptors (Lipinski definition) is 5. The summed E-state index contributed by atoms with van der Waals surface area (Å²) in [5, 5.41) is 6.98. The maximum Gasteiger partial charge on any atom is 0.358 e. The van der Waals surface area contributed by atoms with Crippen molar-refractivity contribution in [1.82, 2.24) is 24.6 Å². The number of methoxy groups -OCH3 is 1. The van der Waals surface area contributed by atoms with Crippen LogP contribution in [0.15, 0.2) is 43.0 Å². The van der Waals surface area contributed by atoms with E-state index in [1.807, 2.05) is 6.07 Å². The quantitative estimate of drug-likeness (QED) is 0.686. The molecule has 2 aromatic heterocycles. The molecule has 1 fully saturated rings. The van der Waals surface area contributed by atoms with Crippen LogP contribution in [0.3, 0.4) is 0 Å². The Bertz CT molecular complexity index is 945. The second-order valence-electron chi connectivity index (χ2n) is 7.01. The number of imidazole rings is 1. The average Bonchev–Trinajstić information content (AvgIpc) is 3.40. The zero-order valence-corrected chi connectivity index (χ0v) is 15.6. The summed E-state index contributed by atoms with van der Waals surface area (Å²) in [6.07, 6.45) is 6.86. The smallest absolute Gasteiger partial charge is 0.358 e. The van der Waals surface area contributed by atoms with Crippen molar-refractivity contribution in [2.45, 2.75) is 25.3 Å². The Labute approximate surface area is 162 Å². The molecule has 0 atom stereocenters. The van der Waals surface area contributed by atoms with Gasteiger partial charge in [0.25, 0.3) is 0 Å². The molecule has 0 unspecified atom stereocenters. The lowest BCUT2D eigenvalue weighted by Gasteiger charge is -2.31. The zero-order valence-electron chi connectivity index (χ0n) is 15.6. The monoisotopic (exact) mass is 383 g/mol. The van der Waals surface area contributed by atoms with Gasteiger partial charge in [0.15, 0.2) is 5.69 Å². The largest absolute Gasteiger partial charge is 0.464 e. The molecule has 8 heteroatoms. The molecule has 1 N–H and O–H groups in total. The van der Waals surface area contributed by atoms with Crippen LogP contribution in [0.5, 0.6) is 0 Å². The first-order valence-corrected chi connectivity index (χ1v) is 9.27. The maximum atomic E-state index is 14.4. The second-order valence-corrected chi connectivity index (χ2v) is 7.01. The van der Waals surface area contributed by atoms with Gasteiger partial charge in [-0.25, -0.2) is 14.2 Å². The Morgan fingerprint density at radius 1 is 1.32 bits per heavy atom. The molecular weight excluding hydrogens is 361 g/mol. The first-order chi connectivity index (χ1) is 13.6. The molecule has 1 aromatic carbocycles. The van der Waals surface area contributed by atoms with E-state index >= 15 is 0 Å². The fourth-order valence-corrected chi connectivity index (χ4v) is 3.67. The summed E-state index contributed by atoms with van der Waals surface area (Å²) in [6.45, 7) is 2.52.